The zero-order valence-corrected chi connectivity index (χ0v) is 16.3. The highest BCUT2D eigenvalue weighted by Gasteiger charge is 2.13. The van der Waals surface area contributed by atoms with Crippen molar-refractivity contribution >= 4 is 22.4 Å². The minimum Gasteiger partial charge on any atom is -0.483 e. The van der Waals surface area contributed by atoms with E-state index in [1.54, 1.807) is 0 Å². The first kappa shape index (κ1) is 18.9. The number of nitrogens with one attached hydrogen (secondary N) is 1. The highest BCUT2D eigenvalue weighted by Crippen LogP contribution is 2.30. The maximum absolute atomic E-state index is 12.3. The summed E-state index contributed by atoms with van der Waals surface area (Å²) in [7, 11) is 0. The van der Waals surface area contributed by atoms with E-state index < -0.39 is 0 Å². The second kappa shape index (κ2) is 8.64. The number of aromatic nitrogens is 1. The Morgan fingerprint density at radius 3 is 2.67 bits per heavy atom. The van der Waals surface area contributed by atoms with Gasteiger partial charge in [-0.2, -0.15) is 0 Å². The van der Waals surface area contributed by atoms with Crippen molar-refractivity contribution in [2.75, 3.05) is 11.9 Å². The number of anilines is 1. The van der Waals surface area contributed by atoms with Crippen LogP contribution in [-0.4, -0.2) is 17.5 Å². The number of carbonyl (C=O) groups is 1. The van der Waals surface area contributed by atoms with E-state index >= 15 is 0 Å². The molecule has 1 N–H and O–H groups in total. The number of hydrogen-bond donors (Lipinski definition) is 1. The molecule has 0 atom stereocenters. The normalized spacial score (nSPS) is 10.4. The van der Waals surface area contributed by atoms with Crippen molar-refractivity contribution in [2.45, 2.75) is 20.3 Å². The zero-order chi connectivity index (χ0) is 19.2. The number of allylic oxidation sites excluding steroid dienone is 1. The number of rotatable bonds is 7. The number of hydrogen-bond acceptors (Lipinski definition) is 4. The van der Waals surface area contributed by atoms with Gasteiger partial charge >= 0.3 is 0 Å². The Morgan fingerprint density at radius 1 is 1.19 bits per heavy atom. The quantitative estimate of drug-likeness (QED) is 0.577. The molecule has 138 valence electrons. The number of carbonyl (C=O) groups excluding carboxylic acids is 1. The van der Waals surface area contributed by atoms with Gasteiger partial charge in [-0.15, -0.1) is 17.9 Å². The number of thiazole rings is 1. The summed E-state index contributed by atoms with van der Waals surface area (Å²) in [5, 5.41) is 3.41. The number of amides is 1. The topological polar surface area (TPSA) is 51.2 Å². The third kappa shape index (κ3) is 4.83. The van der Waals surface area contributed by atoms with Crippen molar-refractivity contribution in [3.63, 3.8) is 0 Å². The van der Waals surface area contributed by atoms with E-state index in [1.165, 1.54) is 16.9 Å². The van der Waals surface area contributed by atoms with Crippen LogP contribution in [0, 0.1) is 13.8 Å². The van der Waals surface area contributed by atoms with E-state index in [-0.39, 0.29) is 12.5 Å². The number of benzene rings is 2. The van der Waals surface area contributed by atoms with Crippen molar-refractivity contribution in [1.29, 1.82) is 0 Å². The number of ether oxygens (including phenoxy) is 1. The first-order valence-electron chi connectivity index (χ1n) is 8.72. The van der Waals surface area contributed by atoms with Crippen LogP contribution in [0.2, 0.25) is 0 Å². The van der Waals surface area contributed by atoms with Crippen molar-refractivity contribution in [3.8, 4) is 17.0 Å². The van der Waals surface area contributed by atoms with Crippen LogP contribution in [0.5, 0.6) is 5.75 Å². The highest BCUT2D eigenvalue weighted by molar-refractivity contribution is 7.16. The van der Waals surface area contributed by atoms with Crippen molar-refractivity contribution in [2.24, 2.45) is 0 Å². The molecule has 1 aromatic heterocycles. The Balaban J connectivity index is 1.64. The van der Waals surface area contributed by atoms with Gasteiger partial charge in [0.25, 0.3) is 5.91 Å². The van der Waals surface area contributed by atoms with Gasteiger partial charge in [-0.25, -0.2) is 4.98 Å². The standard InChI is InChI=1S/C22H22N2O2S/c1-4-7-17-8-5-6-9-19(17)26-14-20(25)23-22-24-21(16(3)27-22)18-12-10-15(2)11-13-18/h4-6,8-13H,1,7,14H2,2-3H3,(H,23,24,25). The maximum Gasteiger partial charge on any atom is 0.264 e. The van der Waals surface area contributed by atoms with Crippen LogP contribution < -0.4 is 10.1 Å². The molecule has 1 heterocycles. The van der Waals surface area contributed by atoms with Gasteiger partial charge in [0, 0.05) is 10.4 Å². The summed E-state index contributed by atoms with van der Waals surface area (Å²) in [5.41, 5.74) is 4.15. The molecule has 0 aliphatic rings. The Bertz CT molecular complexity index is 945. The fraction of sp³-hybridized carbons (Fsp3) is 0.182. The summed E-state index contributed by atoms with van der Waals surface area (Å²) in [4.78, 5) is 17.9. The molecule has 0 saturated carbocycles. The predicted molar refractivity (Wildman–Crippen MR) is 111 cm³/mol. The van der Waals surface area contributed by atoms with E-state index in [1.807, 2.05) is 49.4 Å². The average Bonchev–Trinajstić information content (AvgIpc) is 3.02. The Morgan fingerprint density at radius 2 is 1.93 bits per heavy atom. The molecule has 0 spiro atoms. The van der Waals surface area contributed by atoms with E-state index in [9.17, 15) is 4.79 Å². The highest BCUT2D eigenvalue weighted by atomic mass is 32.1. The van der Waals surface area contributed by atoms with Gasteiger partial charge in [0.2, 0.25) is 0 Å². The third-order valence-corrected chi connectivity index (χ3v) is 4.95. The van der Waals surface area contributed by atoms with Gasteiger partial charge in [0.15, 0.2) is 11.7 Å². The average molecular weight is 378 g/mol. The largest absolute Gasteiger partial charge is 0.483 e. The molecule has 0 unspecified atom stereocenters. The number of aryl methyl sites for hydroxylation is 2. The maximum atomic E-state index is 12.3. The van der Waals surface area contributed by atoms with Crippen LogP contribution in [0.1, 0.15) is 16.0 Å². The summed E-state index contributed by atoms with van der Waals surface area (Å²) >= 11 is 1.46. The van der Waals surface area contributed by atoms with Gasteiger partial charge in [-0.05, 0) is 31.9 Å². The lowest BCUT2D eigenvalue weighted by Gasteiger charge is -2.09. The molecule has 0 aliphatic carbocycles. The van der Waals surface area contributed by atoms with Crippen LogP contribution in [-0.2, 0) is 11.2 Å². The first-order chi connectivity index (χ1) is 13.1. The SMILES string of the molecule is C=CCc1ccccc1OCC(=O)Nc1nc(-c2ccc(C)cc2)c(C)s1. The Hall–Kier alpha value is -2.92. The lowest BCUT2D eigenvalue weighted by molar-refractivity contribution is -0.118. The molecule has 2 aromatic carbocycles. The molecule has 3 aromatic rings. The molecule has 4 nitrogen and oxygen atoms in total. The van der Waals surface area contributed by atoms with E-state index in [0.717, 1.165) is 21.7 Å². The van der Waals surface area contributed by atoms with Gasteiger partial charge in [0.05, 0.1) is 5.69 Å². The van der Waals surface area contributed by atoms with Crippen LogP contribution in [0.15, 0.2) is 61.2 Å². The predicted octanol–water partition coefficient (Wildman–Crippen LogP) is 5.17. The minimum atomic E-state index is -0.229. The molecule has 0 bridgehead atoms. The van der Waals surface area contributed by atoms with Crippen LogP contribution in [0.3, 0.4) is 0 Å². The van der Waals surface area contributed by atoms with Crippen molar-refractivity contribution in [1.82, 2.24) is 4.98 Å². The summed E-state index contributed by atoms with van der Waals surface area (Å²) in [5.74, 6) is 0.468. The first-order valence-corrected chi connectivity index (χ1v) is 9.54. The molecule has 27 heavy (non-hydrogen) atoms. The Labute approximate surface area is 163 Å². The van der Waals surface area contributed by atoms with Crippen LogP contribution in [0.4, 0.5) is 5.13 Å². The lowest BCUT2D eigenvalue weighted by Crippen LogP contribution is -2.20. The monoisotopic (exact) mass is 378 g/mol. The molecular weight excluding hydrogens is 356 g/mol. The molecule has 0 saturated heterocycles. The van der Waals surface area contributed by atoms with Gasteiger partial charge in [-0.3, -0.25) is 10.1 Å². The fourth-order valence-corrected chi connectivity index (χ4v) is 3.55. The van der Waals surface area contributed by atoms with Crippen LogP contribution in [0.25, 0.3) is 11.3 Å². The molecule has 5 heteroatoms. The zero-order valence-electron chi connectivity index (χ0n) is 15.5. The number of para-hydroxylation sites is 1. The van der Waals surface area contributed by atoms with Crippen molar-refractivity contribution < 1.29 is 9.53 Å². The Kier molecular flexibility index (Phi) is 6.04. The third-order valence-electron chi connectivity index (χ3n) is 4.06. The van der Waals surface area contributed by atoms with E-state index in [2.05, 4.69) is 35.9 Å². The summed E-state index contributed by atoms with van der Waals surface area (Å²) in [6.45, 7) is 7.74. The number of nitrogens with zero attached hydrogens (tertiary/aromatic N) is 1. The second-order valence-electron chi connectivity index (χ2n) is 6.23. The second-order valence-corrected chi connectivity index (χ2v) is 7.43. The lowest BCUT2D eigenvalue weighted by atomic mass is 10.1. The molecule has 3 rings (SSSR count). The minimum absolute atomic E-state index is 0.0628. The summed E-state index contributed by atoms with van der Waals surface area (Å²) in [6, 6.07) is 15.9. The summed E-state index contributed by atoms with van der Waals surface area (Å²) < 4.78 is 5.68. The van der Waals surface area contributed by atoms with Gasteiger partial charge in [-0.1, -0.05) is 54.1 Å². The van der Waals surface area contributed by atoms with Gasteiger partial charge in [0.1, 0.15) is 5.75 Å². The van der Waals surface area contributed by atoms with Gasteiger partial charge < -0.3 is 4.74 Å². The fourth-order valence-electron chi connectivity index (χ4n) is 2.70. The van der Waals surface area contributed by atoms with E-state index in [0.29, 0.717) is 17.3 Å². The molecule has 0 fully saturated rings. The molecule has 0 aliphatic heterocycles. The molecule has 1 amide bonds. The van der Waals surface area contributed by atoms with Crippen LogP contribution >= 0.6 is 11.3 Å². The smallest absolute Gasteiger partial charge is 0.264 e. The van der Waals surface area contributed by atoms with Crippen molar-refractivity contribution in [3.05, 3.63) is 77.2 Å². The molecule has 0 radical (unpaired) electrons. The summed E-state index contributed by atoms with van der Waals surface area (Å²) in [6.07, 6.45) is 2.51. The molecular formula is C22H22N2O2S. The van der Waals surface area contributed by atoms with E-state index in [4.69, 9.17) is 4.74 Å².